The van der Waals surface area contributed by atoms with Crippen molar-refractivity contribution in [3.8, 4) is 0 Å². The van der Waals surface area contributed by atoms with E-state index in [1.54, 1.807) is 5.57 Å². The van der Waals surface area contributed by atoms with Gasteiger partial charge in [0.05, 0.1) is 0 Å². The molecule has 1 saturated heterocycles. The molecule has 1 aliphatic heterocycles. The first kappa shape index (κ1) is 10.2. The molecule has 0 saturated carbocycles. The first-order valence-corrected chi connectivity index (χ1v) is 6.32. The molecule has 80 valence electrons. The molecule has 1 atom stereocenters. The first-order chi connectivity index (χ1) is 6.87. The number of nitrogens with one attached hydrogen (secondary N) is 1. The van der Waals surface area contributed by atoms with Gasteiger partial charge in [-0.15, -0.1) is 0 Å². The van der Waals surface area contributed by atoms with Crippen LogP contribution in [-0.4, -0.2) is 12.1 Å². The van der Waals surface area contributed by atoms with E-state index in [1.165, 1.54) is 57.9 Å². The van der Waals surface area contributed by atoms with E-state index in [1.807, 2.05) is 0 Å². The predicted molar refractivity (Wildman–Crippen MR) is 61.4 cm³/mol. The number of allylic oxidation sites excluding steroid dienone is 1. The van der Waals surface area contributed by atoms with Gasteiger partial charge in [-0.3, -0.25) is 0 Å². The molecule has 0 aromatic heterocycles. The lowest BCUT2D eigenvalue weighted by molar-refractivity contribution is 0.412. The molecule has 0 aromatic rings. The van der Waals surface area contributed by atoms with Crippen molar-refractivity contribution in [2.24, 2.45) is 0 Å². The lowest BCUT2D eigenvalue weighted by atomic mass is 9.83. The predicted octanol–water partition coefficient (Wildman–Crippen LogP) is 3.41. The second-order valence-electron chi connectivity index (χ2n) is 4.79. The van der Waals surface area contributed by atoms with Crippen molar-refractivity contribution in [3.63, 3.8) is 0 Å². The van der Waals surface area contributed by atoms with Crippen LogP contribution in [-0.2, 0) is 0 Å². The Hall–Kier alpha value is -0.300. The van der Waals surface area contributed by atoms with E-state index < -0.39 is 0 Å². The van der Waals surface area contributed by atoms with Crippen molar-refractivity contribution in [2.75, 3.05) is 6.54 Å². The Morgan fingerprint density at radius 1 is 1.29 bits per heavy atom. The third-order valence-corrected chi connectivity index (χ3v) is 4.00. The van der Waals surface area contributed by atoms with E-state index in [0.29, 0.717) is 5.54 Å². The normalized spacial score (nSPS) is 33.9. The molecule has 1 nitrogen and oxygen atoms in total. The van der Waals surface area contributed by atoms with Crippen LogP contribution in [0.5, 0.6) is 0 Å². The molecule has 2 rings (SSSR count). The Labute approximate surface area is 88.0 Å². The standard InChI is InChI=1S/C13H23N/c1-2-13(10-7-11-14-13)12-8-5-3-4-6-9-12/h8,14H,2-7,9-11H2,1H3. The Kier molecular flexibility index (Phi) is 3.27. The zero-order chi connectivity index (χ0) is 9.86. The molecule has 0 aromatic carbocycles. The van der Waals surface area contributed by atoms with Crippen molar-refractivity contribution in [1.29, 1.82) is 0 Å². The zero-order valence-electron chi connectivity index (χ0n) is 9.44. The molecule has 2 aliphatic rings. The second-order valence-corrected chi connectivity index (χ2v) is 4.79. The fraction of sp³-hybridized carbons (Fsp3) is 0.846. The quantitative estimate of drug-likeness (QED) is 0.663. The van der Waals surface area contributed by atoms with Crippen molar-refractivity contribution in [1.82, 2.24) is 5.32 Å². The monoisotopic (exact) mass is 193 g/mol. The molecule has 0 bridgehead atoms. The third kappa shape index (κ3) is 1.88. The minimum atomic E-state index is 0.407. The van der Waals surface area contributed by atoms with E-state index in [4.69, 9.17) is 0 Å². The van der Waals surface area contributed by atoms with Gasteiger partial charge < -0.3 is 5.32 Å². The summed E-state index contributed by atoms with van der Waals surface area (Å²) >= 11 is 0. The van der Waals surface area contributed by atoms with Crippen molar-refractivity contribution < 1.29 is 0 Å². The summed E-state index contributed by atoms with van der Waals surface area (Å²) in [7, 11) is 0. The topological polar surface area (TPSA) is 12.0 Å². The third-order valence-electron chi connectivity index (χ3n) is 4.00. The van der Waals surface area contributed by atoms with Crippen LogP contribution in [0.3, 0.4) is 0 Å². The largest absolute Gasteiger partial charge is 0.308 e. The Bertz CT molecular complexity index is 211. The van der Waals surface area contributed by atoms with Gasteiger partial charge in [0.1, 0.15) is 0 Å². The van der Waals surface area contributed by atoms with Crippen molar-refractivity contribution in [2.45, 2.75) is 63.8 Å². The highest BCUT2D eigenvalue weighted by Gasteiger charge is 2.34. The molecule has 0 radical (unpaired) electrons. The van der Waals surface area contributed by atoms with Crippen LogP contribution in [0.2, 0.25) is 0 Å². The minimum absolute atomic E-state index is 0.407. The molecule has 14 heavy (non-hydrogen) atoms. The molecular formula is C13H23N. The SMILES string of the molecule is CCC1(C2=CCCCCC2)CCCN1. The first-order valence-electron chi connectivity index (χ1n) is 6.32. The van der Waals surface area contributed by atoms with E-state index in [2.05, 4.69) is 18.3 Å². The van der Waals surface area contributed by atoms with E-state index in [-0.39, 0.29) is 0 Å². The fourth-order valence-electron chi connectivity index (χ4n) is 3.06. The van der Waals surface area contributed by atoms with Crippen LogP contribution < -0.4 is 5.32 Å². The maximum Gasteiger partial charge on any atom is 0.0391 e. The molecule has 1 heterocycles. The minimum Gasteiger partial charge on any atom is -0.308 e. The summed E-state index contributed by atoms with van der Waals surface area (Å²) in [6.07, 6.45) is 13.5. The zero-order valence-corrected chi connectivity index (χ0v) is 9.44. The maximum atomic E-state index is 3.75. The summed E-state index contributed by atoms with van der Waals surface area (Å²) < 4.78 is 0. The lowest BCUT2D eigenvalue weighted by Crippen LogP contribution is -2.40. The molecular weight excluding hydrogens is 170 g/mol. The van der Waals surface area contributed by atoms with Gasteiger partial charge in [-0.2, -0.15) is 0 Å². The van der Waals surface area contributed by atoms with Crippen LogP contribution in [0.4, 0.5) is 0 Å². The number of hydrogen-bond acceptors (Lipinski definition) is 1. The van der Waals surface area contributed by atoms with Gasteiger partial charge in [0, 0.05) is 5.54 Å². The lowest BCUT2D eigenvalue weighted by Gasteiger charge is -2.31. The van der Waals surface area contributed by atoms with E-state index >= 15 is 0 Å². The van der Waals surface area contributed by atoms with Gasteiger partial charge in [0.25, 0.3) is 0 Å². The summed E-state index contributed by atoms with van der Waals surface area (Å²) in [5.74, 6) is 0. The maximum absolute atomic E-state index is 3.75. The fourth-order valence-corrected chi connectivity index (χ4v) is 3.06. The van der Waals surface area contributed by atoms with Crippen LogP contribution in [0.15, 0.2) is 11.6 Å². The highest BCUT2D eigenvalue weighted by Crippen LogP contribution is 2.35. The molecule has 1 unspecified atom stereocenters. The number of rotatable bonds is 2. The smallest absolute Gasteiger partial charge is 0.0391 e. The Morgan fingerprint density at radius 3 is 2.93 bits per heavy atom. The molecule has 1 aliphatic carbocycles. The highest BCUT2D eigenvalue weighted by molar-refractivity contribution is 5.22. The Balaban J connectivity index is 2.12. The Morgan fingerprint density at radius 2 is 2.21 bits per heavy atom. The van der Waals surface area contributed by atoms with Gasteiger partial charge in [0.2, 0.25) is 0 Å². The van der Waals surface area contributed by atoms with Crippen LogP contribution in [0.1, 0.15) is 58.3 Å². The summed E-state index contributed by atoms with van der Waals surface area (Å²) in [4.78, 5) is 0. The molecule has 0 amide bonds. The summed E-state index contributed by atoms with van der Waals surface area (Å²) in [5, 5.41) is 3.75. The van der Waals surface area contributed by atoms with Crippen LogP contribution >= 0.6 is 0 Å². The van der Waals surface area contributed by atoms with Gasteiger partial charge in [-0.25, -0.2) is 0 Å². The van der Waals surface area contributed by atoms with Gasteiger partial charge in [-0.1, -0.05) is 25.0 Å². The van der Waals surface area contributed by atoms with E-state index in [9.17, 15) is 0 Å². The molecule has 1 N–H and O–H groups in total. The van der Waals surface area contributed by atoms with Crippen molar-refractivity contribution in [3.05, 3.63) is 11.6 Å². The van der Waals surface area contributed by atoms with Crippen molar-refractivity contribution >= 4 is 0 Å². The molecule has 1 fully saturated rings. The number of hydrogen-bond donors (Lipinski definition) is 1. The van der Waals surface area contributed by atoms with Gasteiger partial charge in [0.15, 0.2) is 0 Å². The molecule has 0 spiro atoms. The average Bonchev–Trinajstić information content (AvgIpc) is 2.54. The summed E-state index contributed by atoms with van der Waals surface area (Å²) in [6, 6.07) is 0. The van der Waals surface area contributed by atoms with E-state index in [0.717, 1.165) is 0 Å². The van der Waals surface area contributed by atoms with Crippen LogP contribution in [0.25, 0.3) is 0 Å². The highest BCUT2D eigenvalue weighted by atomic mass is 15.0. The average molecular weight is 193 g/mol. The summed E-state index contributed by atoms with van der Waals surface area (Å²) in [6.45, 7) is 3.56. The second kappa shape index (κ2) is 4.48. The van der Waals surface area contributed by atoms with Gasteiger partial charge >= 0.3 is 0 Å². The van der Waals surface area contributed by atoms with Crippen LogP contribution in [0, 0.1) is 0 Å². The summed E-state index contributed by atoms with van der Waals surface area (Å²) in [5.41, 5.74) is 2.14. The molecule has 1 heteroatoms. The van der Waals surface area contributed by atoms with Gasteiger partial charge in [-0.05, 0) is 51.5 Å².